The van der Waals surface area contributed by atoms with E-state index in [9.17, 15) is 9.90 Å². The van der Waals surface area contributed by atoms with Gasteiger partial charge in [0.05, 0.1) is 0 Å². The Kier molecular flexibility index (Phi) is 16.9. The molecule has 0 aromatic heterocycles. The second-order valence-corrected chi connectivity index (χ2v) is 2.75. The van der Waals surface area contributed by atoms with Crippen LogP contribution in [0, 0.1) is 0 Å². The van der Waals surface area contributed by atoms with Crippen LogP contribution in [-0.4, -0.2) is 19.1 Å². The number of fused-ring (bicyclic) bond motifs is 1. The third kappa shape index (κ3) is 4.31. The van der Waals surface area contributed by atoms with E-state index in [1.54, 1.807) is 7.05 Å². The SMILES string of the molecule is Cn1c2ncnc-2c([O-])n(C)c1=O.[NH2-].[NH2-].[NH2-].[NH2-].[NH2-].[Ru+6]. The fourth-order valence-corrected chi connectivity index (χ4v) is 1.22. The number of aromatic nitrogens is 4. The predicted molar refractivity (Wildman–Crippen MR) is 68.7 cm³/mol. The first-order valence-electron chi connectivity index (χ1n) is 3.66. The zero-order chi connectivity index (χ0) is 9.59. The molecule has 0 radical (unpaired) electrons. The molecule has 0 aromatic carbocycles. The Balaban J connectivity index is -0.000000109. The Morgan fingerprint density at radius 2 is 1.47 bits per heavy atom. The molecule has 0 amide bonds. The number of hydrogen-bond acceptors (Lipinski definition) is 4. The summed E-state index contributed by atoms with van der Waals surface area (Å²) in [6.07, 6.45) is 1.27. The van der Waals surface area contributed by atoms with Gasteiger partial charge >= 0.3 is 25.2 Å². The van der Waals surface area contributed by atoms with Crippen molar-refractivity contribution in [1.29, 1.82) is 0 Å². The molecular formula is C7H17N9O2Ru. The fourth-order valence-electron chi connectivity index (χ4n) is 1.22. The molecule has 2 aliphatic heterocycles. The van der Waals surface area contributed by atoms with Gasteiger partial charge in [-0.05, 0) is 5.88 Å². The summed E-state index contributed by atoms with van der Waals surface area (Å²) in [5, 5.41) is 11.4. The van der Waals surface area contributed by atoms with E-state index in [1.807, 2.05) is 0 Å². The number of hydrogen-bond donors (Lipinski definition) is 0. The van der Waals surface area contributed by atoms with E-state index < -0.39 is 11.6 Å². The second kappa shape index (κ2) is 10.5. The van der Waals surface area contributed by atoms with Crippen LogP contribution in [0.15, 0.2) is 11.1 Å². The van der Waals surface area contributed by atoms with Crippen molar-refractivity contribution in [3.63, 3.8) is 0 Å². The molecular weight excluding hydrogens is 343 g/mol. The van der Waals surface area contributed by atoms with Gasteiger partial charge in [-0.3, -0.25) is 4.57 Å². The zero-order valence-corrected chi connectivity index (χ0v) is 12.2. The Morgan fingerprint density at radius 3 is 1.95 bits per heavy atom. The number of imidazole rings is 1. The summed E-state index contributed by atoms with van der Waals surface area (Å²) in [7, 11) is 2.97. The summed E-state index contributed by atoms with van der Waals surface area (Å²) < 4.78 is 2.31. The molecule has 2 rings (SSSR count). The molecule has 0 spiro atoms. The molecule has 10 N–H and O–H groups in total. The van der Waals surface area contributed by atoms with Crippen LogP contribution in [0.5, 0.6) is 5.88 Å². The summed E-state index contributed by atoms with van der Waals surface area (Å²) in [6, 6.07) is 0. The first kappa shape index (κ1) is 30.5. The summed E-state index contributed by atoms with van der Waals surface area (Å²) >= 11 is 0. The maximum Gasteiger partial charge on any atom is 6.00 e. The van der Waals surface area contributed by atoms with E-state index in [2.05, 4.69) is 9.97 Å². The van der Waals surface area contributed by atoms with Gasteiger partial charge in [0.1, 0.15) is 12.0 Å². The maximum atomic E-state index is 11.4. The van der Waals surface area contributed by atoms with Crippen molar-refractivity contribution in [2.24, 2.45) is 14.1 Å². The Hall–Kier alpha value is -1.43. The van der Waals surface area contributed by atoms with Crippen molar-refractivity contribution in [3.8, 4) is 17.4 Å². The quantitative estimate of drug-likeness (QED) is 0.641. The second-order valence-electron chi connectivity index (χ2n) is 2.75. The van der Waals surface area contributed by atoms with Crippen molar-refractivity contribution in [1.82, 2.24) is 19.1 Å². The Labute approximate surface area is 123 Å². The predicted octanol–water partition coefficient (Wildman–Crippen LogP) is 2.28. The average Bonchev–Trinajstić information content (AvgIpc) is 2.59. The molecule has 2 heterocycles. The van der Waals surface area contributed by atoms with Gasteiger partial charge in [0.25, 0.3) is 0 Å². The number of nitrogens with two attached hydrogens (primary N) is 5. The van der Waals surface area contributed by atoms with E-state index in [4.69, 9.17) is 0 Å². The third-order valence-corrected chi connectivity index (χ3v) is 1.98. The van der Waals surface area contributed by atoms with Crippen LogP contribution in [0.25, 0.3) is 42.3 Å². The van der Waals surface area contributed by atoms with E-state index in [-0.39, 0.29) is 55.9 Å². The minimum Gasteiger partial charge on any atom is -0.858 e. The van der Waals surface area contributed by atoms with Gasteiger partial charge in [-0.1, -0.05) is 0 Å². The van der Waals surface area contributed by atoms with Gasteiger partial charge in [0, 0.05) is 14.1 Å². The van der Waals surface area contributed by atoms with Gasteiger partial charge in [0.2, 0.25) is 0 Å². The van der Waals surface area contributed by atoms with Gasteiger partial charge in [-0.25, -0.2) is 14.8 Å². The first-order valence-corrected chi connectivity index (χ1v) is 3.66. The molecule has 11 nitrogen and oxygen atoms in total. The molecule has 2 aliphatic rings. The fraction of sp³-hybridized carbons (Fsp3) is 0.286. The smallest absolute Gasteiger partial charge is 0.858 e. The molecule has 0 bridgehead atoms. The van der Waals surface area contributed by atoms with E-state index in [1.165, 1.54) is 17.9 Å². The largest absolute Gasteiger partial charge is 6.00 e. The van der Waals surface area contributed by atoms with Crippen molar-refractivity contribution in [3.05, 3.63) is 47.6 Å². The van der Waals surface area contributed by atoms with Crippen molar-refractivity contribution in [2.75, 3.05) is 0 Å². The van der Waals surface area contributed by atoms with Gasteiger partial charge in [0.15, 0.2) is 5.82 Å². The van der Waals surface area contributed by atoms with Crippen molar-refractivity contribution >= 4 is 0 Å². The number of nitrogens with zero attached hydrogens (tertiary/aromatic N) is 4. The normalized spacial score (nSPS) is 7.47. The van der Waals surface area contributed by atoms with Crippen molar-refractivity contribution in [2.45, 2.75) is 0 Å². The molecule has 0 atom stereocenters. The van der Waals surface area contributed by atoms with E-state index >= 15 is 0 Å². The van der Waals surface area contributed by atoms with Gasteiger partial charge in [-0.2, -0.15) is 0 Å². The minimum atomic E-state index is -0.407. The van der Waals surface area contributed by atoms with Crippen LogP contribution in [0.2, 0.25) is 0 Å². The third-order valence-electron chi connectivity index (χ3n) is 1.98. The molecule has 0 aliphatic carbocycles. The first-order chi connectivity index (χ1) is 6.13. The zero-order valence-electron chi connectivity index (χ0n) is 10.4. The van der Waals surface area contributed by atoms with E-state index in [0.29, 0.717) is 5.82 Å². The van der Waals surface area contributed by atoms with Crippen molar-refractivity contribution < 1.29 is 24.6 Å². The molecule has 0 fully saturated rings. The molecule has 0 saturated heterocycles. The van der Waals surface area contributed by atoms with Crippen LogP contribution in [0.3, 0.4) is 0 Å². The minimum absolute atomic E-state index is 0. The molecule has 0 unspecified atom stereocenters. The van der Waals surface area contributed by atoms with Gasteiger partial charge in [-0.15, -0.1) is 0 Å². The molecule has 12 heteroatoms. The summed E-state index contributed by atoms with van der Waals surface area (Å²) in [5.41, 5.74) is -0.164. The molecule has 0 saturated carbocycles. The summed E-state index contributed by atoms with van der Waals surface area (Å²) in [6.45, 7) is 0. The summed E-state index contributed by atoms with van der Waals surface area (Å²) in [5.74, 6) is -0.0799. The van der Waals surface area contributed by atoms with Crippen LogP contribution in [0.4, 0.5) is 0 Å². The van der Waals surface area contributed by atoms with Crippen LogP contribution >= 0.6 is 0 Å². The molecule has 19 heavy (non-hydrogen) atoms. The van der Waals surface area contributed by atoms with Crippen LogP contribution < -0.4 is 10.8 Å². The Bertz CT molecular complexity index is 496. The standard InChI is InChI=1S/C7H8N4O2.5H2N.Ru/c1-10-5-4(8-3-9-5)6(12)11(2)7(10)13;;;;;;/h3,12H,1-2H3;5*1H2;/q;5*-1;+6/p-1. The Morgan fingerprint density at radius 1 is 1.00 bits per heavy atom. The number of rotatable bonds is 0. The topological polar surface area (TPSA) is 243 Å². The van der Waals surface area contributed by atoms with Crippen LogP contribution in [-0.2, 0) is 33.6 Å². The maximum absolute atomic E-state index is 11.4. The average molecular weight is 360 g/mol. The van der Waals surface area contributed by atoms with E-state index in [0.717, 1.165) is 4.57 Å². The monoisotopic (exact) mass is 361 g/mol. The molecule has 0 aromatic rings. The van der Waals surface area contributed by atoms with Crippen LogP contribution in [0.1, 0.15) is 0 Å². The molecule has 110 valence electrons. The summed E-state index contributed by atoms with van der Waals surface area (Å²) in [4.78, 5) is 19.0. The van der Waals surface area contributed by atoms with Gasteiger partial charge < -0.3 is 40.4 Å².